The minimum absolute atomic E-state index is 0.271. The number of amides is 2. The summed E-state index contributed by atoms with van der Waals surface area (Å²) in [5.41, 5.74) is 2.77. The molecule has 1 aliphatic rings. The zero-order valence-corrected chi connectivity index (χ0v) is 17.8. The Hall–Kier alpha value is -3.02. The van der Waals surface area contributed by atoms with Gasteiger partial charge in [-0.2, -0.15) is 0 Å². The molecule has 0 spiro atoms. The second kappa shape index (κ2) is 8.78. The van der Waals surface area contributed by atoms with Crippen LogP contribution in [0, 0.1) is 0 Å². The number of rotatable bonds is 6. The molecule has 0 fully saturated rings. The number of benzene rings is 3. The van der Waals surface area contributed by atoms with Crippen LogP contribution < -0.4 is 10.2 Å². The van der Waals surface area contributed by atoms with Gasteiger partial charge in [0.05, 0.1) is 5.69 Å². The summed E-state index contributed by atoms with van der Waals surface area (Å²) >= 11 is 7.23. The average molecular weight is 435 g/mol. The highest BCUT2D eigenvalue weighted by Crippen LogP contribution is 2.38. The number of hydrogen-bond acceptors (Lipinski definition) is 4. The van der Waals surface area contributed by atoms with Gasteiger partial charge in [0, 0.05) is 15.6 Å². The van der Waals surface area contributed by atoms with Crippen LogP contribution in [0.1, 0.15) is 12.5 Å². The second-order valence-electron chi connectivity index (χ2n) is 6.72. The predicted molar refractivity (Wildman–Crippen MR) is 123 cm³/mol. The maximum Gasteiger partial charge on any atom is 0.283 e. The lowest BCUT2D eigenvalue weighted by molar-refractivity contribution is -0.120. The van der Waals surface area contributed by atoms with E-state index in [1.807, 2.05) is 42.5 Å². The second-order valence-corrected chi connectivity index (χ2v) is 8.24. The number of para-hydroxylation sites is 1. The number of nitrogens with zero attached hydrogens (tertiary/aromatic N) is 1. The van der Waals surface area contributed by atoms with Gasteiger partial charge in [-0.1, -0.05) is 60.6 Å². The minimum atomic E-state index is -0.373. The lowest BCUT2D eigenvalue weighted by atomic mass is 10.1. The topological polar surface area (TPSA) is 49.4 Å². The molecule has 1 N–H and O–H groups in total. The Morgan fingerprint density at radius 3 is 2.17 bits per heavy atom. The average Bonchev–Trinajstić information content (AvgIpc) is 3.00. The maximum absolute atomic E-state index is 13.2. The van der Waals surface area contributed by atoms with Crippen molar-refractivity contribution in [3.05, 3.63) is 100 Å². The molecule has 4 nitrogen and oxygen atoms in total. The zero-order chi connectivity index (χ0) is 21.1. The van der Waals surface area contributed by atoms with Crippen molar-refractivity contribution < 1.29 is 9.59 Å². The molecule has 3 aromatic rings. The van der Waals surface area contributed by atoms with Crippen LogP contribution in [0.4, 0.5) is 11.4 Å². The maximum atomic E-state index is 13.2. The number of carbonyl (C=O) groups is 2. The molecular formula is C24H19ClN2O2S. The molecule has 30 heavy (non-hydrogen) atoms. The molecular weight excluding hydrogens is 416 g/mol. The van der Waals surface area contributed by atoms with E-state index in [0.717, 1.165) is 17.0 Å². The van der Waals surface area contributed by atoms with Crippen molar-refractivity contribution in [2.45, 2.75) is 18.2 Å². The summed E-state index contributed by atoms with van der Waals surface area (Å²) in [5, 5.41) is 3.79. The van der Waals surface area contributed by atoms with Crippen LogP contribution in [0.5, 0.6) is 0 Å². The van der Waals surface area contributed by atoms with Crippen LogP contribution >= 0.6 is 23.4 Å². The van der Waals surface area contributed by atoms with Crippen molar-refractivity contribution in [2.24, 2.45) is 0 Å². The number of aryl methyl sites for hydroxylation is 1. The van der Waals surface area contributed by atoms with Crippen molar-refractivity contribution >= 4 is 46.6 Å². The first-order chi connectivity index (χ1) is 14.6. The van der Waals surface area contributed by atoms with Crippen molar-refractivity contribution in [1.82, 2.24) is 0 Å². The van der Waals surface area contributed by atoms with Crippen LogP contribution in [0.2, 0.25) is 5.02 Å². The van der Waals surface area contributed by atoms with E-state index in [1.165, 1.54) is 22.2 Å². The Bertz CT molecular complexity index is 1110. The molecule has 2 amide bonds. The van der Waals surface area contributed by atoms with Crippen molar-refractivity contribution in [3.8, 4) is 0 Å². The van der Waals surface area contributed by atoms with E-state index in [1.54, 1.807) is 36.4 Å². The first kappa shape index (κ1) is 20.3. The Morgan fingerprint density at radius 2 is 1.53 bits per heavy atom. The van der Waals surface area contributed by atoms with Crippen molar-refractivity contribution in [3.63, 3.8) is 0 Å². The quantitative estimate of drug-likeness (QED) is 0.491. The molecule has 0 atom stereocenters. The molecule has 6 heteroatoms. The van der Waals surface area contributed by atoms with E-state index in [9.17, 15) is 9.59 Å². The van der Waals surface area contributed by atoms with Gasteiger partial charge < -0.3 is 5.32 Å². The summed E-state index contributed by atoms with van der Waals surface area (Å²) in [4.78, 5) is 28.9. The van der Waals surface area contributed by atoms with Gasteiger partial charge in [0.25, 0.3) is 11.8 Å². The van der Waals surface area contributed by atoms with Crippen LogP contribution in [-0.4, -0.2) is 11.8 Å². The number of hydrogen-bond donors (Lipinski definition) is 1. The van der Waals surface area contributed by atoms with Gasteiger partial charge in [0.15, 0.2) is 0 Å². The smallest absolute Gasteiger partial charge is 0.283 e. The largest absolute Gasteiger partial charge is 0.350 e. The fraction of sp³-hybridized carbons (Fsp3) is 0.0833. The van der Waals surface area contributed by atoms with E-state index in [0.29, 0.717) is 15.6 Å². The molecule has 1 heterocycles. The van der Waals surface area contributed by atoms with Crippen LogP contribution in [0.15, 0.2) is 94.4 Å². The third-order valence-electron chi connectivity index (χ3n) is 4.72. The number of thioether (sulfide) groups is 1. The lowest BCUT2D eigenvalue weighted by Crippen LogP contribution is -2.32. The van der Waals surface area contributed by atoms with Gasteiger partial charge >= 0.3 is 0 Å². The van der Waals surface area contributed by atoms with Crippen LogP contribution in [0.25, 0.3) is 0 Å². The molecule has 0 aliphatic carbocycles. The summed E-state index contributed by atoms with van der Waals surface area (Å²) in [5.74, 6) is -0.721. The van der Waals surface area contributed by atoms with Gasteiger partial charge in [0.1, 0.15) is 10.6 Å². The minimum Gasteiger partial charge on any atom is -0.350 e. The number of carbonyl (C=O) groups excluding carboxylic acids is 2. The zero-order valence-electron chi connectivity index (χ0n) is 16.3. The summed E-state index contributed by atoms with van der Waals surface area (Å²) in [6, 6.07) is 24.0. The highest BCUT2D eigenvalue weighted by atomic mass is 35.5. The predicted octanol–water partition coefficient (Wildman–Crippen LogP) is 5.89. The monoisotopic (exact) mass is 434 g/mol. The van der Waals surface area contributed by atoms with Crippen molar-refractivity contribution in [2.75, 3.05) is 10.2 Å². The highest BCUT2D eigenvalue weighted by molar-refractivity contribution is 8.04. The molecule has 4 rings (SSSR count). The Balaban J connectivity index is 1.71. The molecule has 0 radical (unpaired) electrons. The molecule has 0 unspecified atom stereocenters. The summed E-state index contributed by atoms with van der Waals surface area (Å²) in [6.07, 6.45) is 0.930. The van der Waals surface area contributed by atoms with E-state index in [4.69, 9.17) is 11.6 Å². The van der Waals surface area contributed by atoms with E-state index >= 15 is 0 Å². The van der Waals surface area contributed by atoms with Gasteiger partial charge in [-0.05, 0) is 60.5 Å². The van der Waals surface area contributed by atoms with E-state index < -0.39 is 0 Å². The van der Waals surface area contributed by atoms with Crippen molar-refractivity contribution in [1.29, 1.82) is 0 Å². The lowest BCUT2D eigenvalue weighted by Gasteiger charge is -2.15. The third-order valence-corrected chi connectivity index (χ3v) is 6.06. The fourth-order valence-corrected chi connectivity index (χ4v) is 4.17. The van der Waals surface area contributed by atoms with Gasteiger partial charge in [0.2, 0.25) is 0 Å². The third kappa shape index (κ3) is 4.13. The SMILES string of the molecule is CCc1ccc(NC2=C(Sc3ccc(Cl)cc3)C(=O)N(c3ccccc3)C2=O)cc1. The summed E-state index contributed by atoms with van der Waals surface area (Å²) < 4.78 is 0. The molecule has 3 aromatic carbocycles. The fourth-order valence-electron chi connectivity index (χ4n) is 3.11. The van der Waals surface area contributed by atoms with Crippen LogP contribution in [-0.2, 0) is 16.0 Å². The standard InChI is InChI=1S/C24H19ClN2O2S/c1-2-16-8-12-18(13-9-16)26-21-22(30-20-14-10-17(25)11-15-20)24(29)27(23(21)28)19-6-4-3-5-7-19/h3-15,26H,2H2,1H3. The molecule has 0 bridgehead atoms. The Labute approximate surface area is 184 Å². The van der Waals surface area contributed by atoms with E-state index in [-0.39, 0.29) is 17.5 Å². The van der Waals surface area contributed by atoms with Crippen LogP contribution in [0.3, 0.4) is 0 Å². The van der Waals surface area contributed by atoms with Gasteiger partial charge in [-0.25, -0.2) is 4.90 Å². The van der Waals surface area contributed by atoms with Gasteiger partial charge in [-0.15, -0.1) is 0 Å². The molecule has 1 aliphatic heterocycles. The Morgan fingerprint density at radius 1 is 0.867 bits per heavy atom. The summed E-state index contributed by atoms with van der Waals surface area (Å²) in [7, 11) is 0. The summed E-state index contributed by atoms with van der Waals surface area (Å²) in [6.45, 7) is 2.09. The number of imide groups is 1. The number of anilines is 2. The number of halogens is 1. The Kier molecular flexibility index (Phi) is 5.93. The first-order valence-corrected chi connectivity index (χ1v) is 10.7. The molecule has 150 valence electrons. The first-order valence-electron chi connectivity index (χ1n) is 9.54. The van der Waals surface area contributed by atoms with Gasteiger partial charge in [-0.3, -0.25) is 9.59 Å². The van der Waals surface area contributed by atoms with E-state index in [2.05, 4.69) is 12.2 Å². The number of nitrogens with one attached hydrogen (secondary N) is 1. The molecule has 0 saturated carbocycles. The normalized spacial score (nSPS) is 13.9. The molecule has 0 aromatic heterocycles. The molecule has 0 saturated heterocycles. The highest BCUT2D eigenvalue weighted by Gasteiger charge is 2.40.